The Morgan fingerprint density at radius 1 is 1.00 bits per heavy atom. The molecule has 1 heterocycles. The van der Waals surface area contributed by atoms with Crippen molar-refractivity contribution in [3.05, 3.63) is 54.6 Å². The molecule has 1 saturated heterocycles. The van der Waals surface area contributed by atoms with Gasteiger partial charge in [0, 0.05) is 18.9 Å². The first-order valence-corrected chi connectivity index (χ1v) is 9.73. The molecule has 4 N–H and O–H groups in total. The van der Waals surface area contributed by atoms with Crippen molar-refractivity contribution in [1.29, 1.82) is 0 Å². The van der Waals surface area contributed by atoms with E-state index in [2.05, 4.69) is 10.0 Å². The minimum absolute atomic E-state index is 0.164. The number of hydrogen-bond donors (Lipinski definition) is 3. The molecule has 0 unspecified atom stereocenters. The molecule has 2 aromatic rings. The van der Waals surface area contributed by atoms with Crippen LogP contribution in [0.3, 0.4) is 0 Å². The molecule has 0 aromatic heterocycles. The molecule has 0 spiro atoms. The van der Waals surface area contributed by atoms with E-state index in [1.807, 2.05) is 0 Å². The van der Waals surface area contributed by atoms with Gasteiger partial charge >= 0.3 is 0 Å². The molecule has 0 saturated carbocycles. The minimum atomic E-state index is -3.70. The van der Waals surface area contributed by atoms with E-state index in [-0.39, 0.29) is 10.8 Å². The van der Waals surface area contributed by atoms with E-state index in [1.165, 1.54) is 12.1 Å². The molecule has 1 fully saturated rings. The largest absolute Gasteiger partial charge is 0.381 e. The van der Waals surface area contributed by atoms with Crippen LogP contribution in [-0.4, -0.2) is 33.1 Å². The Balaban J connectivity index is 1.73. The lowest BCUT2D eigenvalue weighted by Crippen LogP contribution is -2.54. The van der Waals surface area contributed by atoms with Gasteiger partial charge in [0.2, 0.25) is 5.91 Å². The molecular weight excluding hydrogens is 354 g/mol. The van der Waals surface area contributed by atoms with Crippen LogP contribution in [0.15, 0.2) is 59.5 Å². The van der Waals surface area contributed by atoms with Crippen molar-refractivity contribution < 1.29 is 17.9 Å². The second kappa shape index (κ2) is 7.45. The van der Waals surface area contributed by atoms with Gasteiger partial charge in [-0.25, -0.2) is 8.42 Å². The van der Waals surface area contributed by atoms with Crippen molar-refractivity contribution in [1.82, 2.24) is 0 Å². The fourth-order valence-electron chi connectivity index (χ4n) is 2.69. The van der Waals surface area contributed by atoms with E-state index in [4.69, 9.17) is 10.5 Å². The Labute approximate surface area is 152 Å². The normalized spacial score (nSPS) is 16.7. The molecule has 1 aliphatic heterocycles. The number of benzene rings is 2. The Bertz CT molecular complexity index is 878. The topological polar surface area (TPSA) is 111 Å². The molecular formula is C18H21N3O4S. The number of carbonyl (C=O) groups is 1. The van der Waals surface area contributed by atoms with Crippen molar-refractivity contribution >= 4 is 27.3 Å². The monoisotopic (exact) mass is 375 g/mol. The van der Waals surface area contributed by atoms with E-state index in [0.29, 0.717) is 37.4 Å². The number of ether oxygens (including phenoxy) is 1. The van der Waals surface area contributed by atoms with Gasteiger partial charge in [-0.3, -0.25) is 9.52 Å². The quantitative estimate of drug-likeness (QED) is 0.740. The third kappa shape index (κ3) is 4.21. The number of hydrogen-bond acceptors (Lipinski definition) is 5. The third-order valence-electron chi connectivity index (χ3n) is 4.26. The summed E-state index contributed by atoms with van der Waals surface area (Å²) in [7, 11) is -3.70. The van der Waals surface area contributed by atoms with Crippen molar-refractivity contribution in [2.75, 3.05) is 23.3 Å². The average Bonchev–Trinajstić information content (AvgIpc) is 2.63. The standard InChI is InChI=1S/C18H21N3O4S/c19-18(9-11-25-12-10-18)17(22)20-14-5-4-6-15(13-14)21-26(23,24)16-7-2-1-3-8-16/h1-8,13,21H,9-12,19H2,(H,20,22). The molecule has 8 heteroatoms. The molecule has 1 aliphatic rings. The van der Waals surface area contributed by atoms with Crippen molar-refractivity contribution in [3.8, 4) is 0 Å². The predicted molar refractivity (Wildman–Crippen MR) is 99.3 cm³/mol. The summed E-state index contributed by atoms with van der Waals surface area (Å²) in [5.74, 6) is -0.302. The van der Waals surface area contributed by atoms with Gasteiger partial charge in [-0.05, 0) is 43.2 Å². The van der Waals surface area contributed by atoms with E-state index in [1.54, 1.807) is 42.5 Å². The maximum atomic E-state index is 12.5. The Hall–Kier alpha value is -2.42. The van der Waals surface area contributed by atoms with Crippen molar-refractivity contribution in [3.63, 3.8) is 0 Å². The average molecular weight is 375 g/mol. The maximum absolute atomic E-state index is 12.5. The molecule has 26 heavy (non-hydrogen) atoms. The lowest BCUT2D eigenvalue weighted by molar-refractivity contribution is -0.124. The molecule has 7 nitrogen and oxygen atoms in total. The maximum Gasteiger partial charge on any atom is 0.261 e. The Morgan fingerprint density at radius 3 is 2.35 bits per heavy atom. The highest BCUT2D eigenvalue weighted by atomic mass is 32.2. The lowest BCUT2D eigenvalue weighted by atomic mass is 9.90. The molecule has 3 rings (SSSR count). The fourth-order valence-corrected chi connectivity index (χ4v) is 3.76. The second-order valence-electron chi connectivity index (χ2n) is 6.22. The molecule has 0 aliphatic carbocycles. The molecule has 0 atom stereocenters. The highest BCUT2D eigenvalue weighted by Gasteiger charge is 2.35. The van der Waals surface area contributed by atoms with Gasteiger partial charge in [-0.2, -0.15) is 0 Å². The van der Waals surface area contributed by atoms with Crippen LogP contribution in [0.5, 0.6) is 0 Å². The highest BCUT2D eigenvalue weighted by Crippen LogP contribution is 2.23. The van der Waals surface area contributed by atoms with Crippen LogP contribution in [0.4, 0.5) is 11.4 Å². The number of carbonyl (C=O) groups excluding carboxylic acids is 1. The van der Waals surface area contributed by atoms with Crippen molar-refractivity contribution in [2.24, 2.45) is 5.73 Å². The van der Waals surface area contributed by atoms with E-state index >= 15 is 0 Å². The Kier molecular flexibility index (Phi) is 5.26. The number of nitrogens with one attached hydrogen (secondary N) is 2. The number of amides is 1. The Morgan fingerprint density at radius 2 is 1.65 bits per heavy atom. The van der Waals surface area contributed by atoms with Gasteiger partial charge in [0.05, 0.1) is 10.6 Å². The van der Waals surface area contributed by atoms with Crippen LogP contribution in [0.2, 0.25) is 0 Å². The van der Waals surface area contributed by atoms with Crippen LogP contribution < -0.4 is 15.8 Å². The minimum Gasteiger partial charge on any atom is -0.381 e. The summed E-state index contributed by atoms with van der Waals surface area (Å²) >= 11 is 0. The molecule has 1 amide bonds. The second-order valence-corrected chi connectivity index (χ2v) is 7.90. The van der Waals surface area contributed by atoms with Gasteiger partial charge < -0.3 is 15.8 Å². The van der Waals surface area contributed by atoms with Gasteiger partial charge in [-0.15, -0.1) is 0 Å². The summed E-state index contributed by atoms with van der Waals surface area (Å²) in [6.45, 7) is 0.891. The summed E-state index contributed by atoms with van der Waals surface area (Å²) in [5, 5.41) is 2.76. The molecule has 0 bridgehead atoms. The summed E-state index contributed by atoms with van der Waals surface area (Å²) in [5.41, 5.74) is 6.01. The van der Waals surface area contributed by atoms with Gasteiger partial charge in [0.25, 0.3) is 10.0 Å². The number of anilines is 2. The van der Waals surface area contributed by atoms with E-state index in [0.717, 1.165) is 0 Å². The SMILES string of the molecule is NC1(C(=O)Nc2cccc(NS(=O)(=O)c3ccccc3)c2)CCOCC1. The molecule has 138 valence electrons. The highest BCUT2D eigenvalue weighted by molar-refractivity contribution is 7.92. The zero-order chi connectivity index (χ0) is 18.6. The van der Waals surface area contributed by atoms with Gasteiger partial charge in [-0.1, -0.05) is 24.3 Å². The van der Waals surface area contributed by atoms with Crippen molar-refractivity contribution in [2.45, 2.75) is 23.3 Å². The van der Waals surface area contributed by atoms with E-state index in [9.17, 15) is 13.2 Å². The smallest absolute Gasteiger partial charge is 0.261 e. The summed E-state index contributed by atoms with van der Waals surface area (Å²) in [6.07, 6.45) is 0.887. The fraction of sp³-hybridized carbons (Fsp3) is 0.278. The zero-order valence-electron chi connectivity index (χ0n) is 14.1. The first-order chi connectivity index (χ1) is 12.4. The van der Waals surface area contributed by atoms with Gasteiger partial charge in [0.1, 0.15) is 5.54 Å². The van der Waals surface area contributed by atoms with Crippen LogP contribution in [-0.2, 0) is 19.6 Å². The zero-order valence-corrected chi connectivity index (χ0v) is 15.0. The van der Waals surface area contributed by atoms with Crippen LogP contribution in [0.1, 0.15) is 12.8 Å². The summed E-state index contributed by atoms with van der Waals surface area (Å²) in [4.78, 5) is 12.6. The summed E-state index contributed by atoms with van der Waals surface area (Å²) in [6, 6.07) is 14.6. The lowest BCUT2D eigenvalue weighted by Gasteiger charge is -2.31. The first-order valence-electron chi connectivity index (χ1n) is 8.25. The first kappa shape index (κ1) is 18.4. The number of sulfonamides is 1. The van der Waals surface area contributed by atoms with Gasteiger partial charge in [0.15, 0.2) is 0 Å². The predicted octanol–water partition coefficient (Wildman–Crippen LogP) is 1.93. The summed E-state index contributed by atoms with van der Waals surface area (Å²) < 4.78 is 32.6. The third-order valence-corrected chi connectivity index (χ3v) is 5.66. The number of nitrogens with two attached hydrogens (primary N) is 1. The van der Waals surface area contributed by atoms with E-state index < -0.39 is 15.6 Å². The van der Waals surface area contributed by atoms with Crippen LogP contribution in [0, 0.1) is 0 Å². The number of rotatable bonds is 5. The van der Waals surface area contributed by atoms with Crippen LogP contribution >= 0.6 is 0 Å². The molecule has 0 radical (unpaired) electrons. The molecule has 2 aromatic carbocycles. The van der Waals surface area contributed by atoms with Crippen LogP contribution in [0.25, 0.3) is 0 Å².